The molecule has 38 heavy (non-hydrogen) atoms. The number of primary amides is 1. The summed E-state index contributed by atoms with van der Waals surface area (Å²) >= 11 is 0. The Hall–Kier alpha value is -2.70. The smallest absolute Gasteiger partial charge is 0.238 e. The summed E-state index contributed by atoms with van der Waals surface area (Å²) in [7, 11) is 0. The maximum absolute atomic E-state index is 14.9. The van der Waals surface area contributed by atoms with Gasteiger partial charge in [0.1, 0.15) is 5.41 Å². The van der Waals surface area contributed by atoms with Crippen LogP contribution in [0, 0.1) is 5.41 Å². The lowest BCUT2D eigenvalue weighted by Crippen LogP contribution is -2.70. The summed E-state index contributed by atoms with van der Waals surface area (Å²) in [6.45, 7) is 0. The van der Waals surface area contributed by atoms with Crippen molar-refractivity contribution >= 4 is 11.8 Å². The van der Waals surface area contributed by atoms with Crippen molar-refractivity contribution in [3.05, 3.63) is 71.8 Å². The summed E-state index contributed by atoms with van der Waals surface area (Å²) in [5.41, 5.74) is 4.63. The van der Waals surface area contributed by atoms with Crippen molar-refractivity contribution < 1.29 is 19.8 Å². The minimum absolute atomic E-state index is 0.299. The molecule has 0 heterocycles. The highest BCUT2D eigenvalue weighted by Crippen LogP contribution is 2.47. The molecule has 3 aliphatic carbocycles. The predicted octanol–water partition coefficient (Wildman–Crippen LogP) is 4.30. The van der Waals surface area contributed by atoms with Gasteiger partial charge < -0.3 is 20.8 Å². The van der Waals surface area contributed by atoms with E-state index in [1.807, 2.05) is 60.7 Å². The summed E-state index contributed by atoms with van der Waals surface area (Å²) in [6.07, 6.45) is 8.40. The second kappa shape index (κ2) is 10.8. The van der Waals surface area contributed by atoms with E-state index in [4.69, 9.17) is 5.73 Å². The summed E-state index contributed by atoms with van der Waals surface area (Å²) in [5.74, 6) is -0.877. The number of nitrogens with zero attached hydrogens (tertiary/aromatic N) is 1. The van der Waals surface area contributed by atoms with Gasteiger partial charge in [0.2, 0.25) is 11.8 Å². The number of rotatable bonds is 10. The summed E-state index contributed by atoms with van der Waals surface area (Å²) in [4.78, 5) is 29.8. The zero-order valence-corrected chi connectivity index (χ0v) is 22.4. The van der Waals surface area contributed by atoms with Crippen LogP contribution < -0.4 is 5.73 Å². The standard InChI is InChI=1S/C32H42N2O4/c33-28(35)30(16-8-3-9-17-30)29(36)34(26(31(37)18-10-19-31)22-24-12-4-1-5-13-24)27(32(38)20-11-21-32)23-25-14-6-2-7-15-25/h1-2,4-7,12-15,26-27,37-38H,3,8-11,16-23H2,(H2,33,35)/t26-,27-/m1/s1. The number of hydrogen-bond acceptors (Lipinski definition) is 4. The Morgan fingerprint density at radius 2 is 1.11 bits per heavy atom. The molecule has 3 saturated carbocycles. The lowest BCUT2D eigenvalue weighted by atomic mass is 9.66. The van der Waals surface area contributed by atoms with Crippen LogP contribution in [-0.2, 0) is 22.4 Å². The first-order valence-corrected chi connectivity index (χ1v) is 14.4. The van der Waals surface area contributed by atoms with E-state index in [9.17, 15) is 19.8 Å². The lowest BCUT2D eigenvalue weighted by Gasteiger charge is -2.57. The van der Waals surface area contributed by atoms with Crippen LogP contribution >= 0.6 is 0 Å². The van der Waals surface area contributed by atoms with Crippen LogP contribution in [0.25, 0.3) is 0 Å². The van der Waals surface area contributed by atoms with Crippen LogP contribution in [-0.4, -0.2) is 50.2 Å². The second-order valence-corrected chi connectivity index (χ2v) is 12.0. The molecular formula is C32H42N2O4. The van der Waals surface area contributed by atoms with E-state index >= 15 is 0 Å². The van der Waals surface area contributed by atoms with E-state index in [2.05, 4.69) is 0 Å². The van der Waals surface area contributed by atoms with Crippen LogP contribution in [0.4, 0.5) is 0 Å². The van der Waals surface area contributed by atoms with Crippen molar-refractivity contribution in [3.8, 4) is 0 Å². The van der Waals surface area contributed by atoms with Crippen LogP contribution in [0.2, 0.25) is 0 Å². The van der Waals surface area contributed by atoms with Crippen molar-refractivity contribution in [2.75, 3.05) is 0 Å². The van der Waals surface area contributed by atoms with Gasteiger partial charge in [0.05, 0.1) is 23.3 Å². The van der Waals surface area contributed by atoms with Crippen LogP contribution in [0.3, 0.4) is 0 Å². The zero-order valence-electron chi connectivity index (χ0n) is 22.4. The molecule has 5 rings (SSSR count). The Morgan fingerprint density at radius 3 is 1.45 bits per heavy atom. The Morgan fingerprint density at radius 1 is 0.684 bits per heavy atom. The molecule has 3 aliphatic rings. The minimum atomic E-state index is -1.30. The van der Waals surface area contributed by atoms with E-state index in [0.717, 1.165) is 43.2 Å². The lowest BCUT2D eigenvalue weighted by molar-refractivity contribution is -0.187. The number of amides is 2. The maximum atomic E-state index is 14.9. The Kier molecular flexibility index (Phi) is 7.65. The van der Waals surface area contributed by atoms with E-state index < -0.39 is 34.6 Å². The molecule has 0 saturated heterocycles. The largest absolute Gasteiger partial charge is 0.388 e. The van der Waals surface area contributed by atoms with E-state index in [0.29, 0.717) is 51.4 Å². The van der Waals surface area contributed by atoms with Crippen molar-refractivity contribution in [3.63, 3.8) is 0 Å². The molecule has 6 heteroatoms. The fourth-order valence-corrected chi connectivity index (χ4v) is 6.98. The van der Waals surface area contributed by atoms with Gasteiger partial charge in [-0.3, -0.25) is 9.59 Å². The average molecular weight is 519 g/mol. The van der Waals surface area contributed by atoms with E-state index in [1.165, 1.54) is 0 Å². The maximum Gasteiger partial charge on any atom is 0.238 e. The Labute approximate surface area is 226 Å². The monoisotopic (exact) mass is 518 g/mol. The van der Waals surface area contributed by atoms with Gasteiger partial charge in [-0.05, 0) is 75.3 Å². The molecule has 0 unspecified atom stereocenters. The van der Waals surface area contributed by atoms with Gasteiger partial charge in [-0.25, -0.2) is 0 Å². The minimum Gasteiger partial charge on any atom is -0.388 e. The molecule has 2 amide bonds. The van der Waals surface area contributed by atoms with Gasteiger partial charge in [0, 0.05) is 0 Å². The van der Waals surface area contributed by atoms with Gasteiger partial charge in [0.25, 0.3) is 0 Å². The highest BCUT2D eigenvalue weighted by atomic mass is 16.3. The molecule has 4 N–H and O–H groups in total. The zero-order chi connectivity index (χ0) is 26.8. The molecule has 204 valence electrons. The molecule has 2 atom stereocenters. The van der Waals surface area contributed by atoms with Crippen molar-refractivity contribution in [1.29, 1.82) is 0 Å². The molecule has 2 aromatic rings. The molecule has 3 fully saturated rings. The summed E-state index contributed by atoms with van der Waals surface area (Å²) in [5, 5.41) is 23.9. The van der Waals surface area contributed by atoms with Gasteiger partial charge in [-0.2, -0.15) is 0 Å². The van der Waals surface area contributed by atoms with Crippen LogP contribution in [0.15, 0.2) is 60.7 Å². The number of carbonyl (C=O) groups is 2. The first-order chi connectivity index (χ1) is 18.3. The number of hydrogen-bond donors (Lipinski definition) is 3. The fourth-order valence-electron chi connectivity index (χ4n) is 6.98. The van der Waals surface area contributed by atoms with Crippen molar-refractivity contribution in [1.82, 2.24) is 4.90 Å². The molecule has 0 aromatic heterocycles. The topological polar surface area (TPSA) is 104 Å². The molecule has 2 aromatic carbocycles. The highest BCUT2D eigenvalue weighted by molar-refractivity contribution is 6.04. The quantitative estimate of drug-likeness (QED) is 0.408. The van der Waals surface area contributed by atoms with Gasteiger partial charge in [0.15, 0.2) is 0 Å². The highest BCUT2D eigenvalue weighted by Gasteiger charge is 2.58. The third-order valence-electron chi connectivity index (χ3n) is 9.72. The Bertz CT molecular complexity index is 1040. The predicted molar refractivity (Wildman–Crippen MR) is 147 cm³/mol. The normalized spacial score (nSPS) is 22.8. The molecule has 0 bridgehead atoms. The number of aliphatic hydroxyl groups is 2. The third kappa shape index (κ3) is 5.01. The van der Waals surface area contributed by atoms with Crippen LogP contribution in [0.1, 0.15) is 81.8 Å². The molecule has 0 aliphatic heterocycles. The first kappa shape index (κ1) is 26.9. The molecule has 6 nitrogen and oxygen atoms in total. The van der Waals surface area contributed by atoms with Crippen LogP contribution in [0.5, 0.6) is 0 Å². The molecule has 0 spiro atoms. The molecular weight excluding hydrogens is 476 g/mol. The number of carbonyl (C=O) groups excluding carboxylic acids is 2. The van der Waals surface area contributed by atoms with E-state index in [1.54, 1.807) is 4.90 Å². The summed E-state index contributed by atoms with van der Waals surface area (Å²) < 4.78 is 0. The SMILES string of the molecule is NC(=O)C1(C(=O)N([C@H](Cc2ccccc2)C2(O)CCC2)[C@H](Cc2ccccc2)C2(O)CCC2)CCCCC1. The van der Waals surface area contributed by atoms with E-state index in [-0.39, 0.29) is 5.91 Å². The number of nitrogens with two attached hydrogens (primary N) is 1. The van der Waals surface area contributed by atoms with Crippen molar-refractivity contribution in [2.24, 2.45) is 11.1 Å². The average Bonchev–Trinajstić information content (AvgIpc) is 2.90. The van der Waals surface area contributed by atoms with Gasteiger partial charge in [-0.15, -0.1) is 0 Å². The van der Waals surface area contributed by atoms with Crippen molar-refractivity contribution in [2.45, 2.75) is 107 Å². The second-order valence-electron chi connectivity index (χ2n) is 12.0. The third-order valence-corrected chi connectivity index (χ3v) is 9.72. The fraction of sp³-hybridized carbons (Fsp3) is 0.562. The Balaban J connectivity index is 1.65. The molecule has 0 radical (unpaired) electrons. The summed E-state index contributed by atoms with van der Waals surface area (Å²) in [6, 6.07) is 18.7. The van der Waals surface area contributed by atoms with Gasteiger partial charge in [-0.1, -0.05) is 79.9 Å². The van der Waals surface area contributed by atoms with Gasteiger partial charge >= 0.3 is 0 Å². The first-order valence-electron chi connectivity index (χ1n) is 14.4. The number of benzene rings is 2.